The van der Waals surface area contributed by atoms with Crippen LogP contribution < -0.4 is 5.32 Å². The molecule has 0 fully saturated rings. The maximum absolute atomic E-state index is 10.8. The van der Waals surface area contributed by atoms with E-state index < -0.39 is 0 Å². The standard InChI is InChI=1S/C10H20NO2/c1-3-5-6-7-8-9-11-10(12)13-4-2/h1,3-9H2,2H3,(H,11,12). The van der Waals surface area contributed by atoms with Crippen LogP contribution in [-0.4, -0.2) is 19.2 Å². The molecule has 13 heavy (non-hydrogen) atoms. The highest BCUT2D eigenvalue weighted by Gasteiger charge is 1.97. The minimum Gasteiger partial charge on any atom is -0.450 e. The van der Waals surface area contributed by atoms with Crippen molar-refractivity contribution in [2.45, 2.75) is 39.0 Å². The van der Waals surface area contributed by atoms with Gasteiger partial charge in [-0.25, -0.2) is 4.79 Å². The summed E-state index contributed by atoms with van der Waals surface area (Å²) in [7, 11) is 0. The van der Waals surface area contributed by atoms with Crippen molar-refractivity contribution in [1.29, 1.82) is 0 Å². The molecule has 0 aromatic rings. The second kappa shape index (κ2) is 9.36. The molecule has 0 unspecified atom stereocenters. The van der Waals surface area contributed by atoms with Crippen molar-refractivity contribution in [1.82, 2.24) is 5.32 Å². The van der Waals surface area contributed by atoms with Crippen LogP contribution in [0.4, 0.5) is 4.79 Å². The Bertz CT molecular complexity index is 126. The minimum atomic E-state index is -0.306. The van der Waals surface area contributed by atoms with E-state index in [1.54, 1.807) is 6.92 Å². The zero-order chi connectivity index (χ0) is 9.94. The number of rotatable bonds is 7. The normalized spacial score (nSPS) is 9.69. The zero-order valence-corrected chi connectivity index (χ0v) is 8.47. The van der Waals surface area contributed by atoms with E-state index in [2.05, 4.69) is 12.2 Å². The number of amides is 1. The first-order valence-corrected chi connectivity index (χ1v) is 5.01. The molecule has 0 saturated heterocycles. The summed E-state index contributed by atoms with van der Waals surface area (Å²) in [6.07, 6.45) is 5.26. The highest BCUT2D eigenvalue weighted by Crippen LogP contribution is 2.00. The molecule has 3 heteroatoms. The van der Waals surface area contributed by atoms with E-state index in [0.717, 1.165) is 25.8 Å². The molecule has 0 aliphatic rings. The molecule has 1 amide bonds. The molecule has 0 aromatic carbocycles. The highest BCUT2D eigenvalue weighted by atomic mass is 16.5. The molecular weight excluding hydrogens is 166 g/mol. The van der Waals surface area contributed by atoms with Crippen LogP contribution in [0.1, 0.15) is 39.0 Å². The Hall–Kier alpha value is -0.730. The van der Waals surface area contributed by atoms with Crippen molar-refractivity contribution in [2.75, 3.05) is 13.2 Å². The predicted octanol–water partition coefficient (Wildman–Crippen LogP) is 2.52. The highest BCUT2D eigenvalue weighted by molar-refractivity contribution is 5.66. The smallest absolute Gasteiger partial charge is 0.407 e. The van der Waals surface area contributed by atoms with E-state index in [4.69, 9.17) is 4.74 Å². The van der Waals surface area contributed by atoms with E-state index in [0.29, 0.717) is 6.61 Å². The van der Waals surface area contributed by atoms with Crippen LogP contribution in [-0.2, 0) is 4.74 Å². The third-order valence-electron chi connectivity index (χ3n) is 1.72. The second-order valence-corrected chi connectivity index (χ2v) is 2.92. The van der Waals surface area contributed by atoms with Gasteiger partial charge in [-0.2, -0.15) is 0 Å². The molecule has 0 aliphatic heterocycles. The van der Waals surface area contributed by atoms with E-state index in [1.165, 1.54) is 12.8 Å². The third-order valence-corrected chi connectivity index (χ3v) is 1.72. The molecule has 1 radical (unpaired) electrons. The van der Waals surface area contributed by atoms with Crippen LogP contribution >= 0.6 is 0 Å². The van der Waals surface area contributed by atoms with Gasteiger partial charge in [0.2, 0.25) is 0 Å². The quantitative estimate of drug-likeness (QED) is 0.620. The van der Waals surface area contributed by atoms with E-state index in [1.807, 2.05) is 0 Å². The Kier molecular flexibility index (Phi) is 8.83. The van der Waals surface area contributed by atoms with Crippen LogP contribution in [0.3, 0.4) is 0 Å². The summed E-state index contributed by atoms with van der Waals surface area (Å²) < 4.78 is 4.71. The van der Waals surface area contributed by atoms with Crippen molar-refractivity contribution in [3.63, 3.8) is 0 Å². The number of alkyl carbamates (subject to hydrolysis) is 1. The summed E-state index contributed by atoms with van der Waals surface area (Å²) in [5.74, 6) is 0. The number of nitrogens with one attached hydrogen (secondary N) is 1. The average molecular weight is 186 g/mol. The van der Waals surface area contributed by atoms with Gasteiger partial charge in [-0.3, -0.25) is 0 Å². The molecule has 0 bridgehead atoms. The summed E-state index contributed by atoms with van der Waals surface area (Å²) in [4.78, 5) is 10.8. The monoisotopic (exact) mass is 186 g/mol. The number of hydrogen-bond donors (Lipinski definition) is 1. The van der Waals surface area contributed by atoms with Crippen molar-refractivity contribution in [3.8, 4) is 0 Å². The van der Waals surface area contributed by atoms with E-state index >= 15 is 0 Å². The average Bonchev–Trinajstić information content (AvgIpc) is 2.11. The maximum atomic E-state index is 10.8. The van der Waals surface area contributed by atoms with Crippen molar-refractivity contribution in [3.05, 3.63) is 6.92 Å². The summed E-state index contributed by atoms with van der Waals surface area (Å²) in [5.41, 5.74) is 0. The molecule has 1 N–H and O–H groups in total. The lowest BCUT2D eigenvalue weighted by molar-refractivity contribution is 0.152. The van der Waals surface area contributed by atoms with Crippen LogP contribution in [0.25, 0.3) is 0 Å². The summed E-state index contributed by atoms with van der Waals surface area (Å²) in [6, 6.07) is 0. The van der Waals surface area contributed by atoms with Crippen LogP contribution in [0.5, 0.6) is 0 Å². The molecule has 3 nitrogen and oxygen atoms in total. The summed E-state index contributed by atoms with van der Waals surface area (Å²) in [5, 5.41) is 2.68. The Morgan fingerprint density at radius 1 is 1.31 bits per heavy atom. The number of carbonyl (C=O) groups is 1. The topological polar surface area (TPSA) is 38.3 Å². The molecular formula is C10H20NO2. The summed E-state index contributed by atoms with van der Waals surface area (Å²) >= 11 is 0. The van der Waals surface area contributed by atoms with Gasteiger partial charge in [0, 0.05) is 6.54 Å². The number of unbranched alkanes of at least 4 members (excludes halogenated alkanes) is 4. The molecule has 0 heterocycles. The maximum Gasteiger partial charge on any atom is 0.407 e. The lowest BCUT2D eigenvalue weighted by Gasteiger charge is -2.04. The van der Waals surface area contributed by atoms with E-state index in [9.17, 15) is 4.79 Å². The fourth-order valence-corrected chi connectivity index (χ4v) is 1.03. The zero-order valence-electron chi connectivity index (χ0n) is 8.47. The molecule has 0 rings (SSSR count). The van der Waals surface area contributed by atoms with Gasteiger partial charge in [-0.15, -0.1) is 0 Å². The molecule has 0 atom stereocenters. The van der Waals surface area contributed by atoms with Crippen LogP contribution in [0.15, 0.2) is 0 Å². The van der Waals surface area contributed by atoms with Gasteiger partial charge in [0.05, 0.1) is 6.61 Å². The third kappa shape index (κ3) is 9.18. The van der Waals surface area contributed by atoms with E-state index in [-0.39, 0.29) is 6.09 Å². The fraction of sp³-hybridized carbons (Fsp3) is 0.800. The minimum absolute atomic E-state index is 0.306. The van der Waals surface area contributed by atoms with Crippen LogP contribution in [0, 0.1) is 6.92 Å². The van der Waals surface area contributed by atoms with Gasteiger partial charge in [0.15, 0.2) is 0 Å². The fourth-order valence-electron chi connectivity index (χ4n) is 1.03. The van der Waals surface area contributed by atoms with Crippen molar-refractivity contribution in [2.24, 2.45) is 0 Å². The van der Waals surface area contributed by atoms with Crippen LogP contribution in [0.2, 0.25) is 0 Å². The molecule has 0 spiro atoms. The first-order chi connectivity index (χ1) is 6.31. The Morgan fingerprint density at radius 3 is 2.62 bits per heavy atom. The van der Waals surface area contributed by atoms with Gasteiger partial charge in [0.1, 0.15) is 0 Å². The van der Waals surface area contributed by atoms with Gasteiger partial charge in [-0.05, 0) is 13.3 Å². The molecule has 0 saturated carbocycles. The molecule has 0 aliphatic carbocycles. The van der Waals surface area contributed by atoms with Gasteiger partial charge < -0.3 is 10.1 Å². The first-order valence-electron chi connectivity index (χ1n) is 5.01. The largest absolute Gasteiger partial charge is 0.450 e. The second-order valence-electron chi connectivity index (χ2n) is 2.92. The number of carbonyl (C=O) groups excluding carboxylic acids is 1. The first kappa shape index (κ1) is 12.3. The lowest BCUT2D eigenvalue weighted by Crippen LogP contribution is -2.25. The SMILES string of the molecule is [CH2]CCCCCCNC(=O)OCC. The van der Waals surface area contributed by atoms with Gasteiger partial charge in [0.25, 0.3) is 0 Å². The van der Waals surface area contributed by atoms with Crippen molar-refractivity contribution < 1.29 is 9.53 Å². The Morgan fingerprint density at radius 2 is 2.00 bits per heavy atom. The lowest BCUT2D eigenvalue weighted by atomic mass is 10.1. The predicted molar refractivity (Wildman–Crippen MR) is 53.5 cm³/mol. The summed E-state index contributed by atoms with van der Waals surface area (Å²) in [6.45, 7) is 6.72. The van der Waals surface area contributed by atoms with Gasteiger partial charge >= 0.3 is 6.09 Å². The Labute approximate surface area is 80.8 Å². The number of ether oxygens (including phenoxy) is 1. The van der Waals surface area contributed by atoms with Crippen molar-refractivity contribution >= 4 is 6.09 Å². The molecule has 0 aromatic heterocycles. The Balaban J connectivity index is 3.02. The van der Waals surface area contributed by atoms with Gasteiger partial charge in [-0.1, -0.05) is 32.6 Å². The number of hydrogen-bond acceptors (Lipinski definition) is 2. The molecule has 77 valence electrons.